The van der Waals surface area contributed by atoms with Gasteiger partial charge in [-0.15, -0.1) is 0 Å². The van der Waals surface area contributed by atoms with Crippen molar-refractivity contribution in [1.29, 1.82) is 0 Å². The second-order valence-corrected chi connectivity index (χ2v) is 15.9. The summed E-state index contributed by atoms with van der Waals surface area (Å²) in [6.07, 6.45) is -1.83. The maximum Gasteiger partial charge on any atom is 0.349 e. The quantitative estimate of drug-likeness (QED) is 0.103. The van der Waals surface area contributed by atoms with E-state index in [4.69, 9.17) is 23.7 Å². The fourth-order valence-electron chi connectivity index (χ4n) is 8.06. The largest absolute Gasteiger partial charge is 0.497 e. The molecule has 2 heterocycles. The van der Waals surface area contributed by atoms with E-state index in [9.17, 15) is 29.4 Å². The Morgan fingerprint density at radius 2 is 1.21 bits per heavy atom. The van der Waals surface area contributed by atoms with E-state index in [1.165, 1.54) is 54.8 Å². The lowest BCUT2D eigenvalue weighted by atomic mass is 9.68. The predicted octanol–water partition coefficient (Wildman–Crippen LogP) is 8.48. The minimum atomic E-state index is -2.22. The topological polar surface area (TPSA) is 158 Å². The lowest BCUT2D eigenvalue weighted by molar-refractivity contribution is -0.166. The molecule has 1 fully saturated rings. The second-order valence-electron chi connectivity index (χ2n) is 15.9. The van der Waals surface area contributed by atoms with Crippen LogP contribution in [0.3, 0.4) is 0 Å². The van der Waals surface area contributed by atoms with Crippen molar-refractivity contribution in [1.82, 2.24) is 4.90 Å². The third-order valence-electron chi connectivity index (χ3n) is 11.2. The number of esters is 2. The lowest BCUT2D eigenvalue weighted by Gasteiger charge is -2.45. The van der Waals surface area contributed by atoms with Crippen molar-refractivity contribution >= 4 is 23.9 Å². The SMILES string of the molecule is COc1ccc2c(c1)OC(C)(C)[C@@H](c1ccccc1)[C@H]2c1ccc(OCCN2CCCC2)cc1.Cc1ccccc1C(=O)OC(C(=O)O)C(OC(=O)c1ccccc1C)C(=O)O. The molecule has 0 aromatic heterocycles. The summed E-state index contributed by atoms with van der Waals surface area (Å²) in [7, 11) is 1.70. The fourth-order valence-corrected chi connectivity index (χ4v) is 8.06. The van der Waals surface area contributed by atoms with Crippen LogP contribution in [0.4, 0.5) is 0 Å². The van der Waals surface area contributed by atoms with Crippen molar-refractivity contribution < 1.29 is 53.1 Å². The molecule has 2 unspecified atom stereocenters. The number of likely N-dealkylation sites (tertiary alicyclic amines) is 1. The first kappa shape index (κ1) is 44.9. The van der Waals surface area contributed by atoms with E-state index < -0.39 is 41.7 Å². The van der Waals surface area contributed by atoms with Gasteiger partial charge in [0.2, 0.25) is 12.2 Å². The van der Waals surface area contributed by atoms with Gasteiger partial charge < -0.3 is 33.9 Å². The van der Waals surface area contributed by atoms with E-state index in [1.807, 2.05) is 12.1 Å². The van der Waals surface area contributed by atoms with E-state index in [0.29, 0.717) is 11.1 Å². The average Bonchev–Trinajstić information content (AvgIpc) is 3.78. The smallest absolute Gasteiger partial charge is 0.349 e. The van der Waals surface area contributed by atoms with Crippen LogP contribution in [0.2, 0.25) is 0 Å². The van der Waals surface area contributed by atoms with Gasteiger partial charge in [0.1, 0.15) is 29.5 Å². The van der Waals surface area contributed by atoms with E-state index in [1.54, 1.807) is 57.4 Å². The molecule has 1 saturated heterocycles. The van der Waals surface area contributed by atoms with Crippen LogP contribution in [0.25, 0.3) is 0 Å². The highest BCUT2D eigenvalue weighted by Gasteiger charge is 2.45. The first-order valence-corrected chi connectivity index (χ1v) is 20.6. The van der Waals surface area contributed by atoms with Crippen LogP contribution in [-0.4, -0.2) is 90.2 Å². The molecule has 7 rings (SSSR count). The Hall–Kier alpha value is -6.66. The van der Waals surface area contributed by atoms with Gasteiger partial charge in [-0.3, -0.25) is 4.90 Å². The monoisotopic (exact) mass is 843 g/mol. The number of methoxy groups -OCH3 is 1. The first-order valence-electron chi connectivity index (χ1n) is 20.6. The van der Waals surface area contributed by atoms with Crippen LogP contribution in [-0.2, 0) is 19.1 Å². The number of carboxylic acids is 2. The number of fused-ring (bicyclic) bond motifs is 1. The van der Waals surface area contributed by atoms with Crippen molar-refractivity contribution in [3.63, 3.8) is 0 Å². The van der Waals surface area contributed by atoms with Gasteiger partial charge in [0.05, 0.1) is 18.2 Å². The summed E-state index contributed by atoms with van der Waals surface area (Å²) in [6.45, 7) is 11.7. The van der Waals surface area contributed by atoms with Crippen molar-refractivity contribution in [2.75, 3.05) is 33.4 Å². The second kappa shape index (κ2) is 20.3. The van der Waals surface area contributed by atoms with Gasteiger partial charge in [-0.05, 0) is 106 Å². The third kappa shape index (κ3) is 10.8. The maximum absolute atomic E-state index is 12.3. The summed E-state index contributed by atoms with van der Waals surface area (Å²) in [4.78, 5) is 50.2. The Morgan fingerprint density at radius 1 is 0.694 bits per heavy atom. The molecule has 12 nitrogen and oxygen atoms in total. The molecular formula is C50H53NO11. The van der Waals surface area contributed by atoms with Gasteiger partial charge in [-0.2, -0.15) is 0 Å². The molecule has 2 aliphatic rings. The summed E-state index contributed by atoms with van der Waals surface area (Å²) in [5.41, 5.74) is 4.52. The molecule has 0 spiro atoms. The molecule has 2 N–H and O–H groups in total. The third-order valence-corrected chi connectivity index (χ3v) is 11.2. The molecule has 324 valence electrons. The number of aliphatic carboxylic acids is 2. The van der Waals surface area contributed by atoms with E-state index in [0.717, 1.165) is 30.4 Å². The minimum Gasteiger partial charge on any atom is -0.497 e. The minimum absolute atomic E-state index is 0.0723. The number of hydrogen-bond acceptors (Lipinski definition) is 10. The molecule has 5 aromatic carbocycles. The molecule has 0 saturated carbocycles. The molecule has 0 amide bonds. The molecule has 0 aliphatic carbocycles. The van der Waals surface area contributed by atoms with Gasteiger partial charge >= 0.3 is 23.9 Å². The van der Waals surface area contributed by atoms with Gasteiger partial charge in [0.25, 0.3) is 0 Å². The number of carbonyl (C=O) groups excluding carboxylic acids is 2. The highest BCUT2D eigenvalue weighted by molar-refractivity contribution is 5.96. The Morgan fingerprint density at radius 3 is 1.73 bits per heavy atom. The zero-order chi connectivity index (χ0) is 44.4. The summed E-state index contributed by atoms with van der Waals surface area (Å²) < 4.78 is 27.9. The van der Waals surface area contributed by atoms with Crippen LogP contribution in [0.15, 0.2) is 121 Å². The molecule has 62 heavy (non-hydrogen) atoms. The van der Waals surface area contributed by atoms with E-state index in [-0.39, 0.29) is 23.0 Å². The number of nitrogens with zero attached hydrogens (tertiary/aromatic N) is 1. The maximum atomic E-state index is 12.3. The van der Waals surface area contributed by atoms with Crippen molar-refractivity contribution in [2.24, 2.45) is 0 Å². The standard InChI is InChI=1S/C30H35NO3.C20H18O8/c1-30(2)29(23-9-5-4-6-10-23)28(26-16-15-25(32-3)21-27(26)34-30)22-11-13-24(14-12-22)33-20-19-31-17-7-8-18-31;1-11-7-3-5-9-13(11)19(25)27-15(17(21)22)16(18(23)24)28-20(26)14-10-6-4-8-12(14)2/h4-6,9-16,21,28-29H,7-8,17-20H2,1-3H3;3-10,15-16H,1-2H3,(H,21,22)(H,23,24)/t28-,29-;/m0./s1. The molecule has 12 heteroatoms. The zero-order valence-corrected chi connectivity index (χ0v) is 35.6. The molecule has 4 atom stereocenters. The number of hydrogen-bond donors (Lipinski definition) is 2. The van der Waals surface area contributed by atoms with Gasteiger partial charge in [0, 0.05) is 30.0 Å². The molecule has 5 aromatic rings. The van der Waals surface area contributed by atoms with E-state index in [2.05, 4.69) is 79.4 Å². The molecule has 0 bridgehead atoms. The summed E-state index contributed by atoms with van der Waals surface area (Å²) in [5, 5.41) is 18.7. The molecule has 0 radical (unpaired) electrons. The predicted molar refractivity (Wildman–Crippen MR) is 232 cm³/mol. The summed E-state index contributed by atoms with van der Waals surface area (Å²) >= 11 is 0. The lowest BCUT2D eigenvalue weighted by Crippen LogP contribution is -2.46. The molecule has 2 aliphatic heterocycles. The van der Waals surface area contributed by atoms with Crippen LogP contribution >= 0.6 is 0 Å². The normalized spacial score (nSPS) is 17.4. The first-order chi connectivity index (χ1) is 29.8. The van der Waals surface area contributed by atoms with E-state index >= 15 is 0 Å². The average molecular weight is 844 g/mol. The van der Waals surface area contributed by atoms with Gasteiger partial charge in [-0.25, -0.2) is 19.2 Å². The van der Waals surface area contributed by atoms with Crippen LogP contribution in [0, 0.1) is 13.8 Å². The van der Waals surface area contributed by atoms with Crippen LogP contribution < -0.4 is 14.2 Å². The number of ether oxygens (including phenoxy) is 5. The number of benzene rings is 5. The summed E-state index contributed by atoms with van der Waals surface area (Å²) in [6, 6.07) is 38.1. The Labute approximate surface area is 362 Å². The fraction of sp³-hybridized carbons (Fsp3) is 0.320. The molecular weight excluding hydrogens is 791 g/mol. The van der Waals surface area contributed by atoms with Crippen molar-refractivity contribution in [3.8, 4) is 17.2 Å². The summed E-state index contributed by atoms with van der Waals surface area (Å²) in [5.74, 6) is -2.63. The Kier molecular flexibility index (Phi) is 14.7. The number of rotatable bonds is 14. The van der Waals surface area contributed by atoms with Crippen molar-refractivity contribution in [2.45, 2.75) is 70.2 Å². The highest BCUT2D eigenvalue weighted by atomic mass is 16.6. The van der Waals surface area contributed by atoms with Crippen LogP contribution in [0.5, 0.6) is 17.2 Å². The number of carbonyl (C=O) groups is 4. The van der Waals surface area contributed by atoms with Crippen LogP contribution in [0.1, 0.15) is 87.1 Å². The number of aryl methyl sites for hydroxylation is 2. The van der Waals surface area contributed by atoms with Gasteiger partial charge in [0.15, 0.2) is 0 Å². The Bertz CT molecular complexity index is 2260. The zero-order valence-electron chi connectivity index (χ0n) is 35.6. The van der Waals surface area contributed by atoms with Gasteiger partial charge in [-0.1, -0.05) is 84.9 Å². The number of carboxylic acid groups (broad SMARTS) is 2. The van der Waals surface area contributed by atoms with Crippen molar-refractivity contribution in [3.05, 3.63) is 160 Å². The highest BCUT2D eigenvalue weighted by Crippen LogP contribution is 2.53. The Balaban J connectivity index is 0.000000212.